The summed E-state index contributed by atoms with van der Waals surface area (Å²) in [7, 11) is -1.12. The normalized spacial score (nSPS) is 15.9. The van der Waals surface area contributed by atoms with Gasteiger partial charge in [0.15, 0.2) is 0 Å². The van der Waals surface area contributed by atoms with Crippen molar-refractivity contribution in [2.24, 2.45) is 4.99 Å². The molecule has 1 saturated carbocycles. The van der Waals surface area contributed by atoms with Gasteiger partial charge in [0.1, 0.15) is 14.9 Å². The van der Waals surface area contributed by atoms with Crippen molar-refractivity contribution in [3.8, 4) is 11.3 Å². The Morgan fingerprint density at radius 2 is 2.24 bits per heavy atom. The molecule has 0 spiro atoms. The summed E-state index contributed by atoms with van der Waals surface area (Å²) in [5.74, 6) is 0.563. The molecule has 0 bridgehead atoms. The molecule has 0 saturated heterocycles. The number of aliphatic imine (C=N–C) groups is 1. The molecule has 3 aromatic rings. The van der Waals surface area contributed by atoms with Crippen LogP contribution in [-0.2, 0) is 10.8 Å². The van der Waals surface area contributed by atoms with Crippen LogP contribution in [-0.4, -0.2) is 44.4 Å². The standard InChI is InChI=1S/C24H27N5O2S2/c1-15(9-10-20(26-2)28-12-13-30)19-14-17(18-8-3-4-11-27-18)21-22(25)24(32-23(21)29-19)33(31)16-6-5-7-16/h3-4,8-11,14,16,28,30H,2,5-7,12-13,25H2,1H3/b15-9+,20-10+/t33-/m1/s1. The lowest BCUT2D eigenvalue weighted by Crippen LogP contribution is -2.23. The first kappa shape index (κ1) is 23.3. The van der Waals surface area contributed by atoms with Crippen LogP contribution in [0, 0.1) is 0 Å². The Balaban J connectivity index is 1.83. The molecule has 0 unspecified atom stereocenters. The number of nitrogens with zero attached hydrogens (tertiary/aromatic N) is 3. The molecule has 4 rings (SSSR count). The predicted octanol–water partition coefficient (Wildman–Crippen LogP) is 4.13. The highest BCUT2D eigenvalue weighted by Crippen LogP contribution is 2.43. The molecule has 172 valence electrons. The van der Waals surface area contributed by atoms with Crippen LogP contribution in [0.25, 0.3) is 27.0 Å². The van der Waals surface area contributed by atoms with Crippen LogP contribution in [0.4, 0.5) is 5.69 Å². The third-order valence-corrected chi connectivity index (χ3v) is 8.93. The van der Waals surface area contributed by atoms with E-state index in [-0.39, 0.29) is 11.9 Å². The molecule has 1 atom stereocenters. The first-order valence-electron chi connectivity index (χ1n) is 10.8. The highest BCUT2D eigenvalue weighted by Gasteiger charge is 2.29. The lowest BCUT2D eigenvalue weighted by molar-refractivity contribution is 0.297. The number of nitrogens with one attached hydrogen (secondary N) is 1. The van der Waals surface area contributed by atoms with Gasteiger partial charge in [0, 0.05) is 28.9 Å². The molecule has 1 fully saturated rings. The van der Waals surface area contributed by atoms with Crippen molar-refractivity contribution in [2.45, 2.75) is 35.6 Å². The molecule has 1 aliphatic rings. The van der Waals surface area contributed by atoms with Gasteiger partial charge in [-0.15, -0.1) is 11.3 Å². The third kappa shape index (κ3) is 4.90. The second-order valence-corrected chi connectivity index (χ2v) is 10.7. The Morgan fingerprint density at radius 1 is 1.42 bits per heavy atom. The predicted molar refractivity (Wildman–Crippen MR) is 138 cm³/mol. The monoisotopic (exact) mass is 481 g/mol. The van der Waals surface area contributed by atoms with Crippen LogP contribution in [0.3, 0.4) is 0 Å². The lowest BCUT2D eigenvalue weighted by Gasteiger charge is -2.23. The van der Waals surface area contributed by atoms with E-state index in [0.717, 1.165) is 52.0 Å². The van der Waals surface area contributed by atoms with E-state index in [1.165, 1.54) is 11.3 Å². The number of nitrogen functional groups attached to an aromatic ring is 1. The maximum absolute atomic E-state index is 13.1. The van der Waals surface area contributed by atoms with Gasteiger partial charge in [0.05, 0.1) is 34.5 Å². The van der Waals surface area contributed by atoms with Crippen molar-refractivity contribution >= 4 is 50.3 Å². The molecule has 0 radical (unpaired) electrons. The lowest BCUT2D eigenvalue weighted by atomic mass is 10.0. The number of aromatic nitrogens is 2. The van der Waals surface area contributed by atoms with Crippen LogP contribution in [0.1, 0.15) is 31.9 Å². The molecular weight excluding hydrogens is 454 g/mol. The van der Waals surface area contributed by atoms with Gasteiger partial charge < -0.3 is 16.2 Å². The number of hydrogen-bond donors (Lipinski definition) is 3. The molecule has 9 heteroatoms. The SMILES string of the molecule is C=N/C(=C\C=C(/C)c1cc(-c2ccccn2)c2c(N)c([S@](=O)C3CCC3)sc2n1)NCCO. The van der Waals surface area contributed by atoms with Crippen LogP contribution in [0.5, 0.6) is 0 Å². The maximum atomic E-state index is 13.1. The highest BCUT2D eigenvalue weighted by atomic mass is 32.2. The molecule has 7 nitrogen and oxygen atoms in total. The van der Waals surface area contributed by atoms with Gasteiger partial charge in [-0.1, -0.05) is 18.6 Å². The summed E-state index contributed by atoms with van der Waals surface area (Å²) in [4.78, 5) is 14.1. The minimum Gasteiger partial charge on any atom is -0.396 e. The van der Waals surface area contributed by atoms with Crippen molar-refractivity contribution in [1.82, 2.24) is 15.3 Å². The van der Waals surface area contributed by atoms with Crippen LogP contribution in [0.15, 0.2) is 57.6 Å². The number of thiophene rings is 1. The first-order chi connectivity index (χ1) is 16.0. The zero-order valence-electron chi connectivity index (χ0n) is 18.5. The molecule has 33 heavy (non-hydrogen) atoms. The number of pyridine rings is 2. The fraction of sp³-hybridized carbons (Fsp3) is 0.292. The van der Waals surface area contributed by atoms with Gasteiger partial charge in [0.25, 0.3) is 0 Å². The highest BCUT2D eigenvalue weighted by molar-refractivity contribution is 7.88. The molecule has 3 heterocycles. The second-order valence-electron chi connectivity index (χ2n) is 7.81. The Kier molecular flexibility index (Phi) is 7.32. The minimum absolute atomic E-state index is 0.00553. The van der Waals surface area contributed by atoms with Crippen LogP contribution >= 0.6 is 11.3 Å². The quantitative estimate of drug-likeness (QED) is 0.313. The number of allylic oxidation sites excluding steroid dienone is 3. The molecule has 1 aliphatic carbocycles. The minimum atomic E-state index is -1.12. The Labute approximate surface area is 199 Å². The molecule has 0 aromatic carbocycles. The fourth-order valence-electron chi connectivity index (χ4n) is 3.55. The fourth-order valence-corrected chi connectivity index (χ4v) is 6.76. The Bertz CT molecular complexity index is 1250. The van der Waals surface area contributed by atoms with E-state index in [9.17, 15) is 4.21 Å². The topological polar surface area (TPSA) is 113 Å². The van der Waals surface area contributed by atoms with E-state index in [1.807, 2.05) is 37.3 Å². The number of fused-ring (bicyclic) bond motifs is 1. The van der Waals surface area contributed by atoms with Gasteiger partial charge in [-0.2, -0.15) is 0 Å². The molecule has 3 aromatic heterocycles. The van der Waals surface area contributed by atoms with E-state index >= 15 is 0 Å². The average molecular weight is 482 g/mol. The Morgan fingerprint density at radius 3 is 2.88 bits per heavy atom. The van der Waals surface area contributed by atoms with Crippen molar-refractivity contribution in [2.75, 3.05) is 18.9 Å². The summed E-state index contributed by atoms with van der Waals surface area (Å²) in [5, 5.41) is 13.0. The molecule has 0 amide bonds. The van der Waals surface area contributed by atoms with Gasteiger partial charge in [0.2, 0.25) is 0 Å². The number of nitrogens with two attached hydrogens (primary N) is 1. The second kappa shape index (κ2) is 10.4. The van der Waals surface area contributed by atoms with E-state index in [4.69, 9.17) is 15.8 Å². The summed E-state index contributed by atoms with van der Waals surface area (Å²) >= 11 is 1.41. The van der Waals surface area contributed by atoms with Crippen LogP contribution in [0.2, 0.25) is 0 Å². The van der Waals surface area contributed by atoms with E-state index < -0.39 is 10.8 Å². The summed E-state index contributed by atoms with van der Waals surface area (Å²) in [5.41, 5.74) is 10.5. The maximum Gasteiger partial charge on any atom is 0.127 e. The summed E-state index contributed by atoms with van der Waals surface area (Å²) in [6.07, 6.45) is 8.51. The number of anilines is 1. The van der Waals surface area contributed by atoms with Gasteiger partial charge in [-0.3, -0.25) is 9.19 Å². The number of rotatable bonds is 9. The molecule has 4 N–H and O–H groups in total. The summed E-state index contributed by atoms with van der Waals surface area (Å²) in [6.45, 7) is 5.92. The molecular formula is C24H27N5O2S2. The number of hydrogen-bond acceptors (Lipinski definition) is 8. The van der Waals surface area contributed by atoms with E-state index in [1.54, 1.807) is 12.3 Å². The van der Waals surface area contributed by atoms with Gasteiger partial charge in [-0.25, -0.2) is 9.98 Å². The van der Waals surface area contributed by atoms with Crippen molar-refractivity contribution in [3.63, 3.8) is 0 Å². The number of aliphatic hydroxyl groups is 1. The van der Waals surface area contributed by atoms with E-state index in [2.05, 4.69) is 22.0 Å². The summed E-state index contributed by atoms with van der Waals surface area (Å²) in [6, 6.07) is 7.72. The Hall–Kier alpha value is -2.88. The third-order valence-electron chi connectivity index (χ3n) is 5.63. The van der Waals surface area contributed by atoms with E-state index in [0.29, 0.717) is 22.3 Å². The van der Waals surface area contributed by atoms with Crippen molar-refractivity contribution in [1.29, 1.82) is 0 Å². The average Bonchev–Trinajstić information content (AvgIpc) is 3.14. The number of aliphatic hydroxyl groups excluding tert-OH is 1. The van der Waals surface area contributed by atoms with Gasteiger partial charge in [-0.05, 0) is 56.3 Å². The summed E-state index contributed by atoms with van der Waals surface area (Å²) < 4.78 is 13.8. The molecule has 0 aliphatic heterocycles. The zero-order chi connectivity index (χ0) is 23.4. The largest absolute Gasteiger partial charge is 0.396 e. The van der Waals surface area contributed by atoms with Gasteiger partial charge >= 0.3 is 0 Å². The van der Waals surface area contributed by atoms with Crippen molar-refractivity contribution in [3.05, 3.63) is 54.1 Å². The zero-order valence-corrected chi connectivity index (χ0v) is 20.1. The van der Waals surface area contributed by atoms with Crippen LogP contribution < -0.4 is 11.1 Å². The smallest absolute Gasteiger partial charge is 0.127 e. The first-order valence-corrected chi connectivity index (χ1v) is 12.8. The van der Waals surface area contributed by atoms with Crippen molar-refractivity contribution < 1.29 is 9.32 Å².